The van der Waals surface area contributed by atoms with Crippen LogP contribution in [0.2, 0.25) is 0 Å². The number of carbonyl (C=O) groups is 1. The van der Waals surface area contributed by atoms with E-state index in [0.717, 1.165) is 16.6 Å². The summed E-state index contributed by atoms with van der Waals surface area (Å²) in [5, 5.41) is 8.32. The maximum atomic E-state index is 12.6. The predicted molar refractivity (Wildman–Crippen MR) is 102 cm³/mol. The summed E-state index contributed by atoms with van der Waals surface area (Å²) < 4.78 is 25.1. The van der Waals surface area contributed by atoms with E-state index in [1.165, 1.54) is 0 Å². The van der Waals surface area contributed by atoms with Gasteiger partial charge in [-0.3, -0.25) is 4.79 Å². The van der Waals surface area contributed by atoms with E-state index in [1.54, 1.807) is 24.1 Å². The van der Waals surface area contributed by atoms with E-state index in [4.69, 9.17) is 0 Å². The number of hydrogen-bond acceptors (Lipinski definition) is 5. The van der Waals surface area contributed by atoms with Gasteiger partial charge in [-0.1, -0.05) is 29.5 Å². The average Bonchev–Trinajstić information content (AvgIpc) is 3.24. The molecule has 0 spiro atoms. The molecular weight excluding hydrogens is 364 g/mol. The fourth-order valence-electron chi connectivity index (χ4n) is 3.41. The normalized spacial score (nSPS) is 18.6. The number of amides is 1. The second-order valence-corrected chi connectivity index (χ2v) is 9.13. The smallest absolute Gasteiger partial charge is 0.253 e. The Morgan fingerprint density at radius 3 is 2.63 bits per heavy atom. The van der Waals surface area contributed by atoms with Crippen LogP contribution in [0, 0.1) is 0 Å². The molecule has 3 aromatic rings. The third kappa shape index (κ3) is 3.57. The highest BCUT2D eigenvalue weighted by Gasteiger charge is 2.32. The Morgan fingerprint density at radius 1 is 1.19 bits per heavy atom. The molecule has 0 saturated carbocycles. The highest BCUT2D eigenvalue weighted by molar-refractivity contribution is 7.91. The number of carbonyl (C=O) groups excluding carboxylic acids is 1. The van der Waals surface area contributed by atoms with Crippen molar-refractivity contribution in [2.24, 2.45) is 0 Å². The molecule has 0 bridgehead atoms. The lowest BCUT2D eigenvalue weighted by molar-refractivity contribution is 0.0747. The molecule has 7 nitrogen and oxygen atoms in total. The number of rotatable bonds is 4. The number of para-hydroxylation sites is 1. The molecule has 4 rings (SSSR count). The topological polar surface area (TPSA) is 85.2 Å². The zero-order chi connectivity index (χ0) is 19.0. The largest absolute Gasteiger partial charge is 0.338 e. The quantitative estimate of drug-likeness (QED) is 0.684. The molecule has 140 valence electrons. The molecular formula is C19H20N4O3S. The van der Waals surface area contributed by atoms with E-state index in [-0.39, 0.29) is 23.5 Å². The van der Waals surface area contributed by atoms with Gasteiger partial charge in [0.05, 0.1) is 23.6 Å². The van der Waals surface area contributed by atoms with Gasteiger partial charge >= 0.3 is 0 Å². The van der Waals surface area contributed by atoms with Gasteiger partial charge in [0.1, 0.15) is 5.52 Å². The molecule has 1 fully saturated rings. The summed E-state index contributed by atoms with van der Waals surface area (Å²) in [5.74, 6) is 0.0436. The first kappa shape index (κ1) is 17.7. The van der Waals surface area contributed by atoms with Crippen LogP contribution in [0.4, 0.5) is 0 Å². The third-order valence-electron chi connectivity index (χ3n) is 5.03. The molecule has 1 saturated heterocycles. The monoisotopic (exact) mass is 384 g/mol. The Hall–Kier alpha value is -2.74. The molecule has 0 aliphatic carbocycles. The Morgan fingerprint density at radius 2 is 1.93 bits per heavy atom. The van der Waals surface area contributed by atoms with Crippen molar-refractivity contribution in [3.8, 4) is 0 Å². The lowest BCUT2D eigenvalue weighted by Crippen LogP contribution is -2.37. The van der Waals surface area contributed by atoms with E-state index in [1.807, 2.05) is 41.1 Å². The van der Waals surface area contributed by atoms with Gasteiger partial charge in [-0.15, -0.1) is 5.10 Å². The first-order chi connectivity index (χ1) is 12.9. The standard InChI is InChI=1S/C19H20N4O3S/c1-22(16-10-11-27(25,26)13-16)19(24)15-8-6-14(7-9-15)12-23-18-5-3-2-4-17(18)20-21-23/h2-9,16H,10-13H2,1H3. The highest BCUT2D eigenvalue weighted by Crippen LogP contribution is 2.19. The molecule has 2 aromatic carbocycles. The summed E-state index contributed by atoms with van der Waals surface area (Å²) >= 11 is 0. The Bertz CT molecular complexity index is 1090. The molecule has 1 unspecified atom stereocenters. The first-order valence-electron chi connectivity index (χ1n) is 8.78. The van der Waals surface area contributed by atoms with Crippen LogP contribution in [0.15, 0.2) is 48.5 Å². The molecule has 1 aromatic heterocycles. The third-order valence-corrected chi connectivity index (χ3v) is 6.78. The summed E-state index contributed by atoms with van der Waals surface area (Å²) in [7, 11) is -1.35. The minimum atomic E-state index is -3.02. The molecule has 1 atom stereocenters. The summed E-state index contributed by atoms with van der Waals surface area (Å²) in [6, 6.07) is 14.8. The minimum Gasteiger partial charge on any atom is -0.338 e. The van der Waals surface area contributed by atoms with Crippen LogP contribution in [0.3, 0.4) is 0 Å². The fourth-order valence-corrected chi connectivity index (χ4v) is 5.18. The van der Waals surface area contributed by atoms with Crippen molar-refractivity contribution in [2.75, 3.05) is 18.6 Å². The van der Waals surface area contributed by atoms with Gasteiger partial charge in [0.2, 0.25) is 0 Å². The van der Waals surface area contributed by atoms with Crippen LogP contribution in [0.5, 0.6) is 0 Å². The van der Waals surface area contributed by atoms with Crippen LogP contribution in [-0.2, 0) is 16.4 Å². The summed E-state index contributed by atoms with van der Waals surface area (Å²) in [4.78, 5) is 14.2. The number of hydrogen-bond donors (Lipinski definition) is 0. The number of aromatic nitrogens is 3. The molecule has 2 heterocycles. The maximum absolute atomic E-state index is 12.6. The van der Waals surface area contributed by atoms with Crippen molar-refractivity contribution < 1.29 is 13.2 Å². The Balaban J connectivity index is 1.48. The molecule has 8 heteroatoms. The van der Waals surface area contributed by atoms with Gasteiger partial charge in [-0.2, -0.15) is 0 Å². The lowest BCUT2D eigenvalue weighted by Gasteiger charge is -2.23. The van der Waals surface area contributed by atoms with Crippen molar-refractivity contribution >= 4 is 26.8 Å². The second kappa shape index (κ2) is 6.77. The van der Waals surface area contributed by atoms with Gasteiger partial charge in [0.25, 0.3) is 5.91 Å². The second-order valence-electron chi connectivity index (χ2n) is 6.91. The Kier molecular flexibility index (Phi) is 4.43. The first-order valence-corrected chi connectivity index (χ1v) is 10.6. The van der Waals surface area contributed by atoms with Crippen molar-refractivity contribution in [1.82, 2.24) is 19.9 Å². The van der Waals surface area contributed by atoms with Crippen LogP contribution < -0.4 is 0 Å². The number of sulfone groups is 1. The lowest BCUT2D eigenvalue weighted by atomic mass is 10.1. The number of nitrogens with zero attached hydrogens (tertiary/aromatic N) is 4. The molecule has 0 N–H and O–H groups in total. The SMILES string of the molecule is CN(C(=O)c1ccc(Cn2nnc3ccccc32)cc1)C1CCS(=O)(=O)C1. The van der Waals surface area contributed by atoms with Gasteiger partial charge in [0.15, 0.2) is 9.84 Å². The van der Waals surface area contributed by atoms with Crippen molar-refractivity contribution in [3.63, 3.8) is 0 Å². The average molecular weight is 384 g/mol. The van der Waals surface area contributed by atoms with Crippen molar-refractivity contribution in [3.05, 3.63) is 59.7 Å². The zero-order valence-electron chi connectivity index (χ0n) is 14.9. The summed E-state index contributed by atoms with van der Waals surface area (Å²) in [6.45, 7) is 0.561. The van der Waals surface area contributed by atoms with Crippen LogP contribution in [-0.4, -0.2) is 58.8 Å². The molecule has 1 aliphatic rings. The number of fused-ring (bicyclic) bond motifs is 1. The number of benzene rings is 2. The summed E-state index contributed by atoms with van der Waals surface area (Å²) in [6.07, 6.45) is 0.502. The van der Waals surface area contributed by atoms with E-state index in [9.17, 15) is 13.2 Å². The van der Waals surface area contributed by atoms with E-state index in [0.29, 0.717) is 18.5 Å². The van der Waals surface area contributed by atoms with Crippen molar-refractivity contribution in [2.45, 2.75) is 19.0 Å². The van der Waals surface area contributed by atoms with E-state index < -0.39 is 9.84 Å². The maximum Gasteiger partial charge on any atom is 0.253 e. The zero-order valence-corrected chi connectivity index (χ0v) is 15.8. The fraction of sp³-hybridized carbons (Fsp3) is 0.316. The van der Waals surface area contributed by atoms with Gasteiger partial charge < -0.3 is 4.90 Å². The van der Waals surface area contributed by atoms with Crippen LogP contribution in [0.1, 0.15) is 22.3 Å². The summed E-state index contributed by atoms with van der Waals surface area (Å²) in [5.41, 5.74) is 3.36. The Labute approximate surface area is 157 Å². The molecule has 27 heavy (non-hydrogen) atoms. The van der Waals surface area contributed by atoms with Gasteiger partial charge in [0, 0.05) is 18.7 Å². The van der Waals surface area contributed by atoms with E-state index in [2.05, 4.69) is 10.3 Å². The van der Waals surface area contributed by atoms with Crippen molar-refractivity contribution in [1.29, 1.82) is 0 Å². The molecule has 1 aliphatic heterocycles. The van der Waals surface area contributed by atoms with Gasteiger partial charge in [-0.25, -0.2) is 13.1 Å². The van der Waals surface area contributed by atoms with E-state index >= 15 is 0 Å². The van der Waals surface area contributed by atoms with Gasteiger partial charge in [-0.05, 0) is 36.2 Å². The minimum absolute atomic E-state index is 0.0483. The van der Waals surface area contributed by atoms with Crippen LogP contribution >= 0.6 is 0 Å². The molecule has 0 radical (unpaired) electrons. The highest BCUT2D eigenvalue weighted by atomic mass is 32.2. The van der Waals surface area contributed by atoms with Crippen LogP contribution in [0.25, 0.3) is 11.0 Å². The predicted octanol–water partition coefficient (Wildman–Crippen LogP) is 1.74. The molecule has 1 amide bonds.